The summed E-state index contributed by atoms with van der Waals surface area (Å²) >= 11 is 1.90. The molecule has 2 aliphatic carbocycles. The number of benzene rings is 13. The molecule has 1 spiro atoms. The number of fused-ring (bicyclic) bond motifs is 17. The van der Waals surface area contributed by atoms with Crippen LogP contribution in [-0.4, -0.2) is 4.57 Å². The van der Waals surface area contributed by atoms with Crippen molar-refractivity contribution < 1.29 is 0 Å². The highest BCUT2D eigenvalue weighted by molar-refractivity contribution is 7.26. The summed E-state index contributed by atoms with van der Waals surface area (Å²) in [6, 6.07) is 115. The van der Waals surface area contributed by atoms with Gasteiger partial charge in [0.25, 0.3) is 0 Å². The maximum atomic E-state index is 2.51. The lowest BCUT2D eigenvalue weighted by Crippen LogP contribution is -2.26. The van der Waals surface area contributed by atoms with Gasteiger partial charge in [-0.3, -0.25) is 0 Å². The van der Waals surface area contributed by atoms with Crippen LogP contribution in [-0.2, 0) is 5.41 Å². The molecule has 0 aliphatic heterocycles. The smallest absolute Gasteiger partial charge is 0.0726 e. The SMILES string of the molecule is c1ccc(-c2ccc(N(c3ccccc3)c3cc(-c4cc5c6ccccc6n(-c6ccccc6)c5c5sc6ccccc6c45)cc(N(c4ccccc4)c4ccc5c(c4)C4(c6ccccc6-c6ccccc64)c4ccccc4-5)c3)cc2)cc1. The lowest BCUT2D eigenvalue weighted by molar-refractivity contribution is 0.793. The van der Waals surface area contributed by atoms with Crippen LogP contribution in [0.15, 0.2) is 309 Å². The van der Waals surface area contributed by atoms with E-state index in [0.717, 1.165) is 45.4 Å². The maximum absolute atomic E-state index is 2.51. The minimum atomic E-state index is -0.513. The van der Waals surface area contributed by atoms with E-state index in [9.17, 15) is 0 Å². The van der Waals surface area contributed by atoms with Gasteiger partial charge in [-0.2, -0.15) is 0 Å². The number of para-hydroxylation sites is 4. The molecule has 2 aromatic heterocycles. The summed E-state index contributed by atoms with van der Waals surface area (Å²) in [5.74, 6) is 0. The van der Waals surface area contributed by atoms with Crippen LogP contribution in [0.5, 0.6) is 0 Å². The van der Waals surface area contributed by atoms with Gasteiger partial charge in [0.1, 0.15) is 0 Å². The third-order valence-electron chi connectivity index (χ3n) is 17.5. The van der Waals surface area contributed by atoms with Crippen LogP contribution in [0.1, 0.15) is 22.3 Å². The second-order valence-electron chi connectivity index (χ2n) is 21.9. The Labute approximate surface area is 486 Å². The van der Waals surface area contributed by atoms with Crippen LogP contribution >= 0.6 is 11.3 Å². The minimum Gasteiger partial charge on any atom is -0.310 e. The minimum absolute atomic E-state index is 0.513. The average molecular weight is 1070 g/mol. The van der Waals surface area contributed by atoms with Gasteiger partial charge in [0.2, 0.25) is 0 Å². The zero-order valence-corrected chi connectivity index (χ0v) is 46.0. The van der Waals surface area contributed by atoms with Crippen LogP contribution in [0.4, 0.5) is 34.1 Å². The zero-order valence-electron chi connectivity index (χ0n) is 45.2. The third kappa shape index (κ3) is 7.16. The Morgan fingerprint density at radius 3 is 1.39 bits per heavy atom. The van der Waals surface area contributed by atoms with Crippen LogP contribution < -0.4 is 9.80 Å². The Morgan fingerprint density at radius 2 is 0.759 bits per heavy atom. The molecule has 83 heavy (non-hydrogen) atoms. The van der Waals surface area contributed by atoms with E-state index < -0.39 is 5.41 Å². The van der Waals surface area contributed by atoms with E-state index in [1.807, 2.05) is 11.3 Å². The van der Waals surface area contributed by atoms with Crippen molar-refractivity contribution in [2.24, 2.45) is 0 Å². The molecule has 0 saturated carbocycles. The predicted molar refractivity (Wildman–Crippen MR) is 350 cm³/mol. The molecule has 15 aromatic rings. The Balaban J connectivity index is 0.968. The Bertz CT molecular complexity index is 4960. The van der Waals surface area contributed by atoms with E-state index >= 15 is 0 Å². The number of thiophene rings is 1. The molecule has 0 saturated heterocycles. The summed E-state index contributed by atoms with van der Waals surface area (Å²) in [6.07, 6.45) is 0. The lowest BCUT2D eigenvalue weighted by atomic mass is 9.70. The molecule has 2 heterocycles. The molecule has 17 rings (SSSR count). The van der Waals surface area contributed by atoms with Gasteiger partial charge in [-0.1, -0.05) is 212 Å². The van der Waals surface area contributed by atoms with Gasteiger partial charge in [0, 0.05) is 66.1 Å². The van der Waals surface area contributed by atoms with E-state index in [0.29, 0.717) is 0 Å². The molecule has 0 N–H and O–H groups in total. The van der Waals surface area contributed by atoms with Crippen LogP contribution in [0.3, 0.4) is 0 Å². The molecule has 0 amide bonds. The fourth-order valence-corrected chi connectivity index (χ4v) is 15.4. The topological polar surface area (TPSA) is 11.4 Å². The predicted octanol–water partition coefficient (Wildman–Crippen LogP) is 21.8. The summed E-state index contributed by atoms with van der Waals surface area (Å²) in [5, 5.41) is 4.95. The van der Waals surface area contributed by atoms with Crippen molar-refractivity contribution in [3.05, 3.63) is 332 Å². The fraction of sp³-hybridized carbons (Fsp3) is 0.0127. The summed E-state index contributed by atoms with van der Waals surface area (Å²) < 4.78 is 5.01. The molecule has 0 radical (unpaired) electrons. The molecule has 13 aromatic carbocycles. The Kier molecular flexibility index (Phi) is 10.7. The van der Waals surface area contributed by atoms with E-state index in [4.69, 9.17) is 0 Å². The standard InChI is InChI=1S/C79H51N3S/c1-5-23-52(24-6-1)53-41-43-58(44-42-53)80(55-25-7-2-8-26-55)60-47-54(68-51-69-66-34-16-21-39-74(66)82(57-29-11-4-12-30-57)77(69)78-76(68)67-35-17-22-40-75(67)83-78)48-61(49-60)81(56-27-9-3-10-28-56)59-45-46-65-64-33-15-20-38-72(64)79(73(65)50-59)70-36-18-13-31-62(70)63-32-14-19-37-71(63)79/h1-51H. The molecular weight excluding hydrogens is 1020 g/mol. The number of nitrogens with zero attached hydrogens (tertiary/aromatic N) is 3. The molecular formula is C79H51N3S. The number of aromatic nitrogens is 1. The van der Waals surface area contributed by atoms with Gasteiger partial charge in [0.15, 0.2) is 0 Å². The first-order valence-corrected chi connectivity index (χ1v) is 29.4. The molecule has 4 heteroatoms. The first-order valence-electron chi connectivity index (χ1n) is 28.6. The number of hydrogen-bond donors (Lipinski definition) is 0. The first kappa shape index (κ1) is 47.3. The Hall–Kier alpha value is -10.5. The number of rotatable bonds is 9. The lowest BCUT2D eigenvalue weighted by Gasteiger charge is -2.33. The van der Waals surface area contributed by atoms with Gasteiger partial charge in [-0.05, 0) is 164 Å². The number of anilines is 6. The summed E-state index contributed by atoms with van der Waals surface area (Å²) in [4.78, 5) is 4.94. The van der Waals surface area contributed by atoms with Crippen molar-refractivity contribution in [1.82, 2.24) is 4.57 Å². The Morgan fingerprint density at radius 1 is 0.289 bits per heavy atom. The van der Waals surface area contributed by atoms with E-state index in [-0.39, 0.29) is 0 Å². The van der Waals surface area contributed by atoms with Gasteiger partial charge in [-0.15, -0.1) is 11.3 Å². The highest BCUT2D eigenvalue weighted by Crippen LogP contribution is 2.63. The van der Waals surface area contributed by atoms with Gasteiger partial charge in [0.05, 0.1) is 21.1 Å². The fourth-order valence-electron chi connectivity index (χ4n) is 14.1. The number of hydrogen-bond acceptors (Lipinski definition) is 3. The third-order valence-corrected chi connectivity index (χ3v) is 18.7. The summed E-state index contributed by atoms with van der Waals surface area (Å²) in [7, 11) is 0. The molecule has 0 bridgehead atoms. The normalized spacial score (nSPS) is 12.7. The van der Waals surface area contributed by atoms with Gasteiger partial charge >= 0.3 is 0 Å². The van der Waals surface area contributed by atoms with Gasteiger partial charge in [-0.25, -0.2) is 0 Å². The van der Waals surface area contributed by atoms with Gasteiger partial charge < -0.3 is 14.4 Å². The van der Waals surface area contributed by atoms with Crippen molar-refractivity contribution in [2.75, 3.05) is 9.80 Å². The molecule has 3 nitrogen and oxygen atoms in total. The second-order valence-corrected chi connectivity index (χ2v) is 23.0. The first-order chi connectivity index (χ1) is 41.2. The van der Waals surface area contributed by atoms with Crippen molar-refractivity contribution >= 4 is 87.4 Å². The van der Waals surface area contributed by atoms with E-state index in [1.165, 1.54) is 103 Å². The quantitative estimate of drug-likeness (QED) is 0.143. The molecule has 2 aliphatic rings. The van der Waals surface area contributed by atoms with Crippen LogP contribution in [0, 0.1) is 0 Å². The van der Waals surface area contributed by atoms with E-state index in [1.54, 1.807) is 0 Å². The van der Waals surface area contributed by atoms with Crippen LogP contribution in [0.2, 0.25) is 0 Å². The monoisotopic (exact) mass is 1070 g/mol. The van der Waals surface area contributed by atoms with E-state index in [2.05, 4.69) is 324 Å². The van der Waals surface area contributed by atoms with Crippen molar-refractivity contribution in [3.63, 3.8) is 0 Å². The largest absolute Gasteiger partial charge is 0.310 e. The van der Waals surface area contributed by atoms with Crippen molar-refractivity contribution in [2.45, 2.75) is 5.41 Å². The maximum Gasteiger partial charge on any atom is 0.0726 e. The summed E-state index contributed by atoms with van der Waals surface area (Å²) in [6.45, 7) is 0. The average Bonchev–Trinajstić information content (AvgIpc) is 1.99. The highest BCUT2D eigenvalue weighted by Gasteiger charge is 2.51. The molecule has 0 unspecified atom stereocenters. The second kappa shape index (κ2) is 18.8. The molecule has 0 fully saturated rings. The van der Waals surface area contributed by atoms with Crippen LogP contribution in [0.25, 0.3) is 92.2 Å². The summed E-state index contributed by atoms with van der Waals surface area (Å²) in [5.41, 5.74) is 24.5. The molecule has 388 valence electrons. The highest BCUT2D eigenvalue weighted by atomic mass is 32.1. The van der Waals surface area contributed by atoms with Crippen molar-refractivity contribution in [3.8, 4) is 50.2 Å². The molecule has 0 atom stereocenters. The van der Waals surface area contributed by atoms with Crippen molar-refractivity contribution in [1.29, 1.82) is 0 Å². The zero-order chi connectivity index (χ0) is 54.6.